The third kappa shape index (κ3) is 2.64. The smallest absolute Gasteiger partial charge is 0.177 e. The first-order valence-corrected chi connectivity index (χ1v) is 6.56. The number of aromatic nitrogens is 2. The fourth-order valence-corrected chi connectivity index (χ4v) is 1.94. The van der Waals surface area contributed by atoms with Gasteiger partial charge in [-0.05, 0) is 24.4 Å². The summed E-state index contributed by atoms with van der Waals surface area (Å²) >= 11 is 7.13. The van der Waals surface area contributed by atoms with Crippen molar-refractivity contribution in [1.29, 1.82) is 0 Å². The van der Waals surface area contributed by atoms with E-state index in [0.29, 0.717) is 11.2 Å². The van der Waals surface area contributed by atoms with Crippen LogP contribution in [-0.2, 0) is 6.54 Å². The van der Waals surface area contributed by atoms with E-state index >= 15 is 0 Å². The highest BCUT2D eigenvalue weighted by Gasteiger charge is 2.10. The Morgan fingerprint density at radius 1 is 1.50 bits per heavy atom. The van der Waals surface area contributed by atoms with Crippen molar-refractivity contribution in [3.63, 3.8) is 0 Å². The van der Waals surface area contributed by atoms with Crippen LogP contribution in [0.1, 0.15) is 32.4 Å². The molecule has 0 fully saturated rings. The number of aromatic amines is 1. The van der Waals surface area contributed by atoms with Crippen LogP contribution in [-0.4, -0.2) is 21.1 Å². The lowest BCUT2D eigenvalue weighted by Gasteiger charge is -2.14. The van der Waals surface area contributed by atoms with Gasteiger partial charge >= 0.3 is 0 Å². The van der Waals surface area contributed by atoms with Gasteiger partial charge in [0.1, 0.15) is 0 Å². The second-order valence-corrected chi connectivity index (χ2v) is 5.49. The van der Waals surface area contributed by atoms with Gasteiger partial charge in [-0.25, -0.2) is 0 Å². The average Bonchev–Trinajstić information content (AvgIpc) is 2.48. The summed E-state index contributed by atoms with van der Waals surface area (Å²) in [5.41, 5.74) is 1.30. The standard InChI is InChI=1S/C10H18N2S2/c1-7(2)9-5-11-10(13)12(9)6-8(3)14-4/h5,7-8H,6H2,1-4H3,(H,11,13). The van der Waals surface area contributed by atoms with Crippen molar-refractivity contribution >= 4 is 24.0 Å². The molecule has 1 aromatic heterocycles. The molecule has 80 valence electrons. The zero-order valence-corrected chi connectivity index (χ0v) is 10.8. The Bertz CT molecular complexity index is 338. The molecule has 0 amide bonds. The Balaban J connectivity index is 2.94. The molecule has 4 heteroatoms. The predicted octanol–water partition coefficient (Wildman–Crippen LogP) is 3.42. The van der Waals surface area contributed by atoms with Crippen LogP contribution in [0.2, 0.25) is 0 Å². The third-order valence-corrected chi connectivity index (χ3v) is 3.63. The number of imidazole rings is 1. The van der Waals surface area contributed by atoms with Gasteiger partial charge in [0.05, 0.1) is 0 Å². The number of rotatable bonds is 4. The molecule has 0 aliphatic heterocycles. The van der Waals surface area contributed by atoms with Crippen molar-refractivity contribution in [1.82, 2.24) is 9.55 Å². The van der Waals surface area contributed by atoms with Crippen molar-refractivity contribution < 1.29 is 0 Å². The van der Waals surface area contributed by atoms with E-state index in [9.17, 15) is 0 Å². The number of H-pyrrole nitrogens is 1. The van der Waals surface area contributed by atoms with E-state index in [1.54, 1.807) is 0 Å². The molecule has 0 saturated heterocycles. The van der Waals surface area contributed by atoms with Gasteiger partial charge in [0.2, 0.25) is 0 Å². The van der Waals surface area contributed by atoms with E-state index in [-0.39, 0.29) is 0 Å². The first kappa shape index (κ1) is 11.9. The van der Waals surface area contributed by atoms with E-state index in [1.807, 2.05) is 18.0 Å². The molecule has 0 spiro atoms. The summed E-state index contributed by atoms with van der Waals surface area (Å²) < 4.78 is 3.05. The number of nitrogens with zero attached hydrogens (tertiary/aromatic N) is 1. The lowest BCUT2D eigenvalue weighted by atomic mass is 10.1. The van der Waals surface area contributed by atoms with Gasteiger partial charge in [-0.15, -0.1) is 0 Å². The zero-order chi connectivity index (χ0) is 10.7. The van der Waals surface area contributed by atoms with Crippen LogP contribution in [0.25, 0.3) is 0 Å². The van der Waals surface area contributed by atoms with Crippen LogP contribution in [0.15, 0.2) is 6.20 Å². The first-order chi connectivity index (χ1) is 6.56. The molecule has 0 saturated carbocycles. The molecule has 1 aromatic rings. The van der Waals surface area contributed by atoms with E-state index < -0.39 is 0 Å². The van der Waals surface area contributed by atoms with Gasteiger partial charge in [-0.1, -0.05) is 20.8 Å². The van der Waals surface area contributed by atoms with E-state index in [2.05, 4.69) is 36.6 Å². The van der Waals surface area contributed by atoms with E-state index in [1.165, 1.54) is 5.69 Å². The summed E-state index contributed by atoms with van der Waals surface area (Å²) in [6, 6.07) is 0. The highest BCUT2D eigenvalue weighted by Crippen LogP contribution is 2.17. The molecule has 1 atom stereocenters. The largest absolute Gasteiger partial charge is 0.337 e. The maximum atomic E-state index is 5.26. The summed E-state index contributed by atoms with van der Waals surface area (Å²) in [7, 11) is 0. The Morgan fingerprint density at radius 3 is 2.64 bits per heavy atom. The minimum absolute atomic E-state index is 0.525. The summed E-state index contributed by atoms with van der Waals surface area (Å²) in [6.45, 7) is 7.61. The molecular formula is C10H18N2S2. The molecule has 0 radical (unpaired) electrons. The summed E-state index contributed by atoms with van der Waals surface area (Å²) in [5, 5.41) is 0.606. The van der Waals surface area contributed by atoms with Crippen molar-refractivity contribution in [2.24, 2.45) is 0 Å². The van der Waals surface area contributed by atoms with Gasteiger partial charge in [0.15, 0.2) is 4.77 Å². The molecular weight excluding hydrogens is 212 g/mol. The molecule has 1 rings (SSSR count). The molecule has 1 unspecified atom stereocenters. The molecule has 14 heavy (non-hydrogen) atoms. The van der Waals surface area contributed by atoms with Crippen LogP contribution in [0.4, 0.5) is 0 Å². The topological polar surface area (TPSA) is 20.7 Å². The van der Waals surface area contributed by atoms with Crippen LogP contribution in [0.5, 0.6) is 0 Å². The summed E-state index contributed by atoms with van der Waals surface area (Å²) in [4.78, 5) is 3.12. The predicted molar refractivity (Wildman–Crippen MR) is 66.7 cm³/mol. The van der Waals surface area contributed by atoms with Gasteiger partial charge in [-0.3, -0.25) is 0 Å². The molecule has 1 N–H and O–H groups in total. The van der Waals surface area contributed by atoms with Gasteiger partial charge in [-0.2, -0.15) is 11.8 Å². The van der Waals surface area contributed by atoms with E-state index in [4.69, 9.17) is 12.2 Å². The second kappa shape index (κ2) is 5.03. The van der Waals surface area contributed by atoms with Crippen LogP contribution >= 0.6 is 24.0 Å². The van der Waals surface area contributed by atoms with Crippen molar-refractivity contribution in [2.75, 3.05) is 6.26 Å². The van der Waals surface area contributed by atoms with Crippen molar-refractivity contribution in [2.45, 2.75) is 38.5 Å². The fraction of sp³-hybridized carbons (Fsp3) is 0.700. The lowest BCUT2D eigenvalue weighted by molar-refractivity contribution is 0.625. The monoisotopic (exact) mass is 230 g/mol. The molecule has 0 aliphatic rings. The highest BCUT2D eigenvalue weighted by molar-refractivity contribution is 7.99. The first-order valence-electron chi connectivity index (χ1n) is 4.87. The van der Waals surface area contributed by atoms with Gasteiger partial charge in [0.25, 0.3) is 0 Å². The molecule has 0 bridgehead atoms. The Labute approximate surface area is 95.1 Å². The van der Waals surface area contributed by atoms with Gasteiger partial charge in [0, 0.05) is 23.7 Å². The maximum Gasteiger partial charge on any atom is 0.177 e. The Morgan fingerprint density at radius 2 is 2.14 bits per heavy atom. The second-order valence-electron chi connectivity index (χ2n) is 3.83. The SMILES string of the molecule is CSC(C)Cn1c(C(C)C)c[nH]c1=S. The van der Waals surface area contributed by atoms with Gasteiger partial charge < -0.3 is 9.55 Å². The minimum Gasteiger partial charge on any atom is -0.337 e. The zero-order valence-electron chi connectivity index (χ0n) is 9.20. The number of thioether (sulfide) groups is 1. The Kier molecular flexibility index (Phi) is 4.26. The summed E-state index contributed by atoms with van der Waals surface area (Å²) in [5.74, 6) is 0.525. The lowest BCUT2D eigenvalue weighted by Crippen LogP contribution is -2.12. The maximum absolute atomic E-state index is 5.26. The van der Waals surface area contributed by atoms with Crippen molar-refractivity contribution in [3.05, 3.63) is 16.7 Å². The fourth-order valence-electron chi connectivity index (χ4n) is 1.41. The average molecular weight is 230 g/mol. The van der Waals surface area contributed by atoms with Crippen LogP contribution < -0.4 is 0 Å². The third-order valence-electron chi connectivity index (χ3n) is 2.33. The molecule has 0 aliphatic carbocycles. The number of hydrogen-bond acceptors (Lipinski definition) is 2. The quantitative estimate of drug-likeness (QED) is 0.800. The number of nitrogens with one attached hydrogen (secondary N) is 1. The molecule has 2 nitrogen and oxygen atoms in total. The Hall–Kier alpha value is -0.220. The summed E-state index contributed by atoms with van der Waals surface area (Å²) in [6.07, 6.45) is 4.16. The van der Waals surface area contributed by atoms with Crippen molar-refractivity contribution in [3.8, 4) is 0 Å². The minimum atomic E-state index is 0.525. The molecule has 0 aromatic carbocycles. The van der Waals surface area contributed by atoms with Crippen LogP contribution in [0.3, 0.4) is 0 Å². The van der Waals surface area contributed by atoms with Crippen LogP contribution in [0, 0.1) is 4.77 Å². The normalized spacial score (nSPS) is 13.5. The highest BCUT2D eigenvalue weighted by atomic mass is 32.2. The number of hydrogen-bond donors (Lipinski definition) is 1. The van der Waals surface area contributed by atoms with E-state index in [0.717, 1.165) is 11.3 Å². The molecule has 1 heterocycles.